The van der Waals surface area contributed by atoms with Crippen molar-refractivity contribution >= 4 is 17.7 Å². The van der Waals surface area contributed by atoms with Gasteiger partial charge < -0.3 is 9.64 Å². The zero-order chi connectivity index (χ0) is 16.5. The number of carbonyl (C=O) groups is 1. The maximum Gasteiger partial charge on any atom is 0.223 e. The summed E-state index contributed by atoms with van der Waals surface area (Å²) in [7, 11) is 1.78. The van der Waals surface area contributed by atoms with Crippen LogP contribution in [0.25, 0.3) is 0 Å². The standard InChI is InChI=1S/C18H20FNO2S/c1-20(12-13-22-16-5-3-2-4-6-16)18(21)11-14-23-17-9-7-15(19)8-10-17/h2-10H,11-14H2,1H3. The molecule has 0 aliphatic carbocycles. The van der Waals surface area contributed by atoms with Crippen LogP contribution >= 0.6 is 11.8 Å². The van der Waals surface area contributed by atoms with Gasteiger partial charge in [0.15, 0.2) is 0 Å². The van der Waals surface area contributed by atoms with Crippen molar-refractivity contribution in [2.75, 3.05) is 26.0 Å². The second kappa shape index (κ2) is 9.20. The Morgan fingerprint density at radius 3 is 2.52 bits per heavy atom. The van der Waals surface area contributed by atoms with E-state index in [1.165, 1.54) is 12.1 Å². The molecule has 0 bridgehead atoms. The van der Waals surface area contributed by atoms with Crippen LogP contribution in [-0.4, -0.2) is 36.8 Å². The lowest BCUT2D eigenvalue weighted by Crippen LogP contribution is -2.31. The number of hydrogen-bond donors (Lipinski definition) is 0. The number of benzene rings is 2. The summed E-state index contributed by atoms with van der Waals surface area (Å²) in [5, 5.41) is 0. The largest absolute Gasteiger partial charge is 0.492 e. The molecule has 2 aromatic rings. The van der Waals surface area contributed by atoms with Gasteiger partial charge in [-0.05, 0) is 36.4 Å². The summed E-state index contributed by atoms with van der Waals surface area (Å²) in [5.74, 6) is 1.31. The number of carbonyl (C=O) groups excluding carboxylic acids is 1. The molecule has 0 aromatic heterocycles. The van der Waals surface area contributed by atoms with Gasteiger partial charge in [0, 0.05) is 24.1 Å². The van der Waals surface area contributed by atoms with Crippen molar-refractivity contribution in [1.82, 2.24) is 4.90 Å². The third kappa shape index (κ3) is 6.32. The summed E-state index contributed by atoms with van der Waals surface area (Å²) < 4.78 is 18.4. The predicted molar refractivity (Wildman–Crippen MR) is 91.3 cm³/mol. The van der Waals surface area contributed by atoms with Gasteiger partial charge in [0.25, 0.3) is 0 Å². The SMILES string of the molecule is CN(CCOc1ccccc1)C(=O)CCSc1ccc(F)cc1. The van der Waals surface area contributed by atoms with Crippen molar-refractivity contribution in [3.8, 4) is 5.75 Å². The molecular formula is C18H20FNO2S. The van der Waals surface area contributed by atoms with Gasteiger partial charge in [-0.2, -0.15) is 0 Å². The van der Waals surface area contributed by atoms with Crippen LogP contribution in [0.4, 0.5) is 4.39 Å². The van der Waals surface area contributed by atoms with E-state index in [9.17, 15) is 9.18 Å². The van der Waals surface area contributed by atoms with Crippen LogP contribution in [0.5, 0.6) is 5.75 Å². The minimum Gasteiger partial charge on any atom is -0.492 e. The molecule has 0 unspecified atom stereocenters. The van der Waals surface area contributed by atoms with Gasteiger partial charge in [-0.25, -0.2) is 4.39 Å². The molecule has 2 aromatic carbocycles. The second-order valence-electron chi connectivity index (χ2n) is 5.03. The van der Waals surface area contributed by atoms with E-state index in [4.69, 9.17) is 4.74 Å². The number of amides is 1. The third-order valence-corrected chi connectivity index (χ3v) is 4.28. The number of thioether (sulfide) groups is 1. The van der Waals surface area contributed by atoms with Crippen molar-refractivity contribution in [2.45, 2.75) is 11.3 Å². The minimum atomic E-state index is -0.247. The first-order valence-corrected chi connectivity index (χ1v) is 8.44. The molecule has 0 aliphatic heterocycles. The summed E-state index contributed by atoms with van der Waals surface area (Å²) in [4.78, 5) is 14.7. The van der Waals surface area contributed by atoms with Crippen molar-refractivity contribution in [1.29, 1.82) is 0 Å². The molecule has 122 valence electrons. The molecular weight excluding hydrogens is 313 g/mol. The molecule has 5 heteroatoms. The van der Waals surface area contributed by atoms with Gasteiger partial charge in [-0.3, -0.25) is 4.79 Å². The molecule has 1 amide bonds. The Hall–Kier alpha value is -2.01. The Morgan fingerprint density at radius 1 is 1.13 bits per heavy atom. The normalized spacial score (nSPS) is 10.3. The number of rotatable bonds is 8. The quantitative estimate of drug-likeness (QED) is 0.687. The third-order valence-electron chi connectivity index (χ3n) is 3.26. The van der Waals surface area contributed by atoms with Gasteiger partial charge in [-0.15, -0.1) is 11.8 Å². The van der Waals surface area contributed by atoms with Crippen LogP contribution < -0.4 is 4.74 Å². The highest BCUT2D eigenvalue weighted by Crippen LogP contribution is 2.19. The number of nitrogens with zero attached hydrogens (tertiary/aromatic N) is 1. The zero-order valence-electron chi connectivity index (χ0n) is 13.1. The summed E-state index contributed by atoms with van der Waals surface area (Å²) >= 11 is 1.55. The summed E-state index contributed by atoms with van der Waals surface area (Å²) in [6.45, 7) is 1.02. The molecule has 2 rings (SSSR count). The topological polar surface area (TPSA) is 29.5 Å². The molecule has 0 spiro atoms. The van der Waals surface area contributed by atoms with Crippen LogP contribution in [0.1, 0.15) is 6.42 Å². The Bertz CT molecular complexity index is 604. The van der Waals surface area contributed by atoms with Crippen molar-refractivity contribution in [3.63, 3.8) is 0 Å². The Morgan fingerprint density at radius 2 is 1.83 bits per heavy atom. The molecule has 0 atom stereocenters. The fourth-order valence-corrected chi connectivity index (χ4v) is 2.76. The number of likely N-dealkylation sites (N-methyl/N-ethyl adjacent to an activating group) is 1. The highest BCUT2D eigenvalue weighted by molar-refractivity contribution is 7.99. The lowest BCUT2D eigenvalue weighted by molar-refractivity contribution is -0.129. The predicted octanol–water partition coefficient (Wildman–Crippen LogP) is 3.85. The molecule has 3 nitrogen and oxygen atoms in total. The lowest BCUT2D eigenvalue weighted by Gasteiger charge is -2.17. The molecule has 0 N–H and O–H groups in total. The maximum atomic E-state index is 12.8. The monoisotopic (exact) mass is 333 g/mol. The number of para-hydroxylation sites is 1. The Balaban J connectivity index is 1.63. The number of halogens is 1. The average molecular weight is 333 g/mol. The summed E-state index contributed by atoms with van der Waals surface area (Å²) in [5.41, 5.74) is 0. The van der Waals surface area contributed by atoms with Crippen molar-refractivity contribution < 1.29 is 13.9 Å². The van der Waals surface area contributed by atoms with Gasteiger partial charge in [0.2, 0.25) is 5.91 Å². The van der Waals surface area contributed by atoms with Gasteiger partial charge in [0.05, 0.1) is 6.54 Å². The van der Waals surface area contributed by atoms with Crippen LogP contribution in [0.2, 0.25) is 0 Å². The number of ether oxygens (including phenoxy) is 1. The second-order valence-corrected chi connectivity index (χ2v) is 6.20. The summed E-state index contributed by atoms with van der Waals surface area (Å²) in [6.07, 6.45) is 0.448. The van der Waals surface area contributed by atoms with E-state index >= 15 is 0 Å². The van der Waals surface area contributed by atoms with E-state index in [1.807, 2.05) is 30.3 Å². The highest BCUT2D eigenvalue weighted by atomic mass is 32.2. The first kappa shape index (κ1) is 17.3. The van der Waals surface area contributed by atoms with Crippen LogP contribution in [0, 0.1) is 5.82 Å². The van der Waals surface area contributed by atoms with Gasteiger partial charge >= 0.3 is 0 Å². The van der Waals surface area contributed by atoms with E-state index in [1.54, 1.807) is 35.8 Å². The van der Waals surface area contributed by atoms with Crippen LogP contribution in [0.15, 0.2) is 59.5 Å². The van der Waals surface area contributed by atoms with Crippen molar-refractivity contribution in [3.05, 3.63) is 60.4 Å². The fourth-order valence-electron chi connectivity index (χ4n) is 1.92. The lowest BCUT2D eigenvalue weighted by atomic mass is 10.3. The van der Waals surface area contributed by atoms with Gasteiger partial charge in [0.1, 0.15) is 18.2 Å². The van der Waals surface area contributed by atoms with Crippen LogP contribution in [0.3, 0.4) is 0 Å². The van der Waals surface area contributed by atoms with E-state index in [-0.39, 0.29) is 11.7 Å². The Kier molecular flexibility index (Phi) is 6.94. The summed E-state index contributed by atoms with van der Waals surface area (Å²) in [6, 6.07) is 15.8. The Labute approximate surface area is 140 Å². The first-order chi connectivity index (χ1) is 11.1. The van der Waals surface area contributed by atoms with E-state index in [0.29, 0.717) is 25.3 Å². The molecule has 0 radical (unpaired) electrons. The minimum absolute atomic E-state index is 0.0799. The van der Waals surface area contributed by atoms with Gasteiger partial charge in [-0.1, -0.05) is 18.2 Å². The zero-order valence-corrected chi connectivity index (χ0v) is 13.9. The fraction of sp³-hybridized carbons (Fsp3) is 0.278. The average Bonchev–Trinajstić information content (AvgIpc) is 2.57. The molecule has 0 fully saturated rings. The van der Waals surface area contributed by atoms with E-state index < -0.39 is 0 Å². The molecule has 23 heavy (non-hydrogen) atoms. The molecule has 0 aliphatic rings. The molecule has 0 saturated carbocycles. The maximum absolute atomic E-state index is 12.8. The van der Waals surface area contributed by atoms with Crippen molar-refractivity contribution in [2.24, 2.45) is 0 Å². The smallest absolute Gasteiger partial charge is 0.223 e. The van der Waals surface area contributed by atoms with Crippen LogP contribution in [-0.2, 0) is 4.79 Å². The number of hydrogen-bond acceptors (Lipinski definition) is 3. The first-order valence-electron chi connectivity index (χ1n) is 7.45. The molecule has 0 saturated heterocycles. The van der Waals surface area contributed by atoms with E-state index in [2.05, 4.69) is 0 Å². The van der Waals surface area contributed by atoms with E-state index in [0.717, 1.165) is 10.6 Å². The molecule has 0 heterocycles. The highest BCUT2D eigenvalue weighted by Gasteiger charge is 2.08.